The molecule has 0 aromatic carbocycles. The zero-order valence-electron chi connectivity index (χ0n) is 4.65. The van der Waals surface area contributed by atoms with E-state index in [1.165, 1.54) is 0 Å². The van der Waals surface area contributed by atoms with Crippen molar-refractivity contribution in [1.29, 1.82) is 0 Å². The van der Waals surface area contributed by atoms with Crippen LogP contribution in [0.3, 0.4) is 0 Å². The van der Waals surface area contributed by atoms with E-state index in [2.05, 4.69) is 0 Å². The van der Waals surface area contributed by atoms with Crippen molar-refractivity contribution in [2.75, 3.05) is 0 Å². The maximum Gasteiger partial charge on any atom is 0.0960 e. The molecular weight excluding hydrogens is 198 g/mol. The molecule has 0 aromatic heterocycles. The Balaban J connectivity index is -0.000000120. The first-order valence-electron chi connectivity index (χ1n) is 1.94. The first kappa shape index (κ1) is 16.2. The SMILES string of the molecule is Cl.Cl.OC1=CC=CC1.[V]. The van der Waals surface area contributed by atoms with Gasteiger partial charge in [0.2, 0.25) is 0 Å². The Morgan fingerprint density at radius 3 is 2.00 bits per heavy atom. The summed E-state index contributed by atoms with van der Waals surface area (Å²) in [6, 6.07) is 0. The Hall–Kier alpha value is 0.444. The van der Waals surface area contributed by atoms with E-state index in [-0.39, 0.29) is 43.4 Å². The molecule has 0 bridgehead atoms. The molecule has 0 spiro atoms. The van der Waals surface area contributed by atoms with Crippen LogP contribution >= 0.6 is 24.8 Å². The Labute approximate surface area is 78.9 Å². The third-order valence-electron chi connectivity index (χ3n) is 0.752. The molecule has 0 aliphatic heterocycles. The van der Waals surface area contributed by atoms with E-state index in [0.717, 1.165) is 6.42 Å². The summed E-state index contributed by atoms with van der Waals surface area (Å²) in [7, 11) is 0. The van der Waals surface area contributed by atoms with Crippen LogP contribution in [0, 0.1) is 0 Å². The molecule has 1 N–H and O–H groups in total. The average Bonchev–Trinajstić information content (AvgIpc) is 1.86. The summed E-state index contributed by atoms with van der Waals surface area (Å²) in [5, 5.41) is 8.53. The van der Waals surface area contributed by atoms with Crippen molar-refractivity contribution >= 4 is 24.8 Å². The van der Waals surface area contributed by atoms with Gasteiger partial charge >= 0.3 is 0 Å². The van der Waals surface area contributed by atoms with Gasteiger partial charge in [-0.05, 0) is 6.08 Å². The van der Waals surface area contributed by atoms with Crippen LogP contribution in [0.4, 0.5) is 0 Å². The maximum absolute atomic E-state index is 8.53. The average molecular weight is 206 g/mol. The van der Waals surface area contributed by atoms with Crippen molar-refractivity contribution in [3.63, 3.8) is 0 Å². The molecule has 0 fully saturated rings. The van der Waals surface area contributed by atoms with Crippen LogP contribution in [0.1, 0.15) is 6.42 Å². The van der Waals surface area contributed by atoms with E-state index in [9.17, 15) is 0 Å². The number of rotatable bonds is 0. The van der Waals surface area contributed by atoms with Crippen LogP contribution in [0.5, 0.6) is 0 Å². The van der Waals surface area contributed by atoms with Crippen LogP contribution in [0.25, 0.3) is 0 Å². The number of allylic oxidation sites excluding steroid dienone is 3. The zero-order valence-corrected chi connectivity index (χ0v) is 7.68. The zero-order chi connectivity index (χ0) is 4.41. The smallest absolute Gasteiger partial charge is 0.0960 e. The fourth-order valence-electron chi connectivity index (χ4n) is 0.436. The summed E-state index contributed by atoms with van der Waals surface area (Å²) in [5.41, 5.74) is 0. The van der Waals surface area contributed by atoms with E-state index in [0.29, 0.717) is 5.76 Å². The minimum atomic E-state index is 0. The van der Waals surface area contributed by atoms with Crippen molar-refractivity contribution in [3.8, 4) is 0 Å². The fourth-order valence-corrected chi connectivity index (χ4v) is 0.436. The van der Waals surface area contributed by atoms with E-state index in [4.69, 9.17) is 5.11 Å². The van der Waals surface area contributed by atoms with Crippen molar-refractivity contribution < 1.29 is 23.7 Å². The van der Waals surface area contributed by atoms with E-state index >= 15 is 0 Å². The van der Waals surface area contributed by atoms with E-state index < -0.39 is 0 Å². The normalized spacial score (nSPS) is 12.2. The van der Waals surface area contributed by atoms with Crippen molar-refractivity contribution in [2.24, 2.45) is 0 Å². The number of aliphatic hydroxyl groups is 1. The first-order valence-corrected chi connectivity index (χ1v) is 1.94. The van der Waals surface area contributed by atoms with Gasteiger partial charge in [0.1, 0.15) is 0 Å². The molecular formula is C5H8Cl2OV. The summed E-state index contributed by atoms with van der Waals surface area (Å²) in [5.74, 6) is 0.468. The summed E-state index contributed by atoms with van der Waals surface area (Å²) < 4.78 is 0. The quantitative estimate of drug-likeness (QED) is 0.644. The number of aliphatic hydroxyl groups excluding tert-OH is 1. The molecule has 1 aliphatic carbocycles. The van der Waals surface area contributed by atoms with Gasteiger partial charge < -0.3 is 5.11 Å². The van der Waals surface area contributed by atoms with Crippen molar-refractivity contribution in [1.82, 2.24) is 0 Å². The first-order chi connectivity index (χ1) is 2.89. The van der Waals surface area contributed by atoms with Gasteiger partial charge in [-0.1, -0.05) is 12.2 Å². The van der Waals surface area contributed by atoms with Crippen LogP contribution in [-0.4, -0.2) is 5.11 Å². The van der Waals surface area contributed by atoms with Crippen LogP contribution in [0.2, 0.25) is 0 Å². The minimum Gasteiger partial charge on any atom is -0.512 e. The summed E-state index contributed by atoms with van der Waals surface area (Å²) in [6.45, 7) is 0. The molecule has 53 valence electrons. The van der Waals surface area contributed by atoms with Gasteiger partial charge in [-0.25, -0.2) is 0 Å². The number of halogens is 2. The maximum atomic E-state index is 8.53. The second-order valence-corrected chi connectivity index (χ2v) is 1.29. The Morgan fingerprint density at radius 1 is 1.33 bits per heavy atom. The van der Waals surface area contributed by atoms with E-state index in [1.807, 2.05) is 12.2 Å². The molecule has 0 amide bonds. The van der Waals surface area contributed by atoms with Gasteiger partial charge in [0.05, 0.1) is 5.76 Å². The van der Waals surface area contributed by atoms with Crippen LogP contribution in [0.15, 0.2) is 24.0 Å². The molecule has 0 saturated heterocycles. The van der Waals surface area contributed by atoms with Crippen LogP contribution < -0.4 is 0 Å². The molecule has 1 aliphatic rings. The van der Waals surface area contributed by atoms with Gasteiger partial charge in [-0.2, -0.15) is 0 Å². The molecule has 4 heteroatoms. The summed E-state index contributed by atoms with van der Waals surface area (Å²) in [4.78, 5) is 0. The number of hydrogen-bond acceptors (Lipinski definition) is 1. The predicted octanol–water partition coefficient (Wildman–Crippen LogP) is 2.23. The third kappa shape index (κ3) is 6.33. The summed E-state index contributed by atoms with van der Waals surface area (Å²) >= 11 is 0. The molecule has 9 heavy (non-hydrogen) atoms. The second kappa shape index (κ2) is 8.44. The van der Waals surface area contributed by atoms with Gasteiger partial charge in [0.15, 0.2) is 0 Å². The topological polar surface area (TPSA) is 20.2 Å². The molecule has 0 saturated carbocycles. The molecule has 0 unspecified atom stereocenters. The Bertz CT molecular complexity index is 112. The predicted molar refractivity (Wildman–Crippen MR) is 39.0 cm³/mol. The molecule has 0 heterocycles. The van der Waals surface area contributed by atoms with Crippen molar-refractivity contribution in [3.05, 3.63) is 24.0 Å². The van der Waals surface area contributed by atoms with E-state index in [1.54, 1.807) is 6.08 Å². The van der Waals surface area contributed by atoms with Crippen LogP contribution in [-0.2, 0) is 18.6 Å². The Morgan fingerprint density at radius 2 is 1.89 bits per heavy atom. The second-order valence-electron chi connectivity index (χ2n) is 1.29. The fraction of sp³-hybridized carbons (Fsp3) is 0.200. The minimum absolute atomic E-state index is 0. The van der Waals surface area contributed by atoms with Gasteiger partial charge in [0.25, 0.3) is 0 Å². The molecule has 1 nitrogen and oxygen atoms in total. The monoisotopic (exact) mass is 205 g/mol. The largest absolute Gasteiger partial charge is 0.512 e. The standard InChI is InChI=1S/C5H6O.2ClH.V/c6-5-3-1-2-4-5;;;/h1-3,6H,4H2;2*1H;. The van der Waals surface area contributed by atoms with Gasteiger partial charge in [-0.15, -0.1) is 24.8 Å². The number of hydrogen-bond donors (Lipinski definition) is 1. The molecule has 0 atom stereocenters. The van der Waals surface area contributed by atoms with Gasteiger partial charge in [-0.3, -0.25) is 0 Å². The molecule has 1 rings (SSSR count). The summed E-state index contributed by atoms with van der Waals surface area (Å²) in [6.07, 6.45) is 6.17. The molecule has 0 aromatic rings. The van der Waals surface area contributed by atoms with Crippen molar-refractivity contribution in [2.45, 2.75) is 6.42 Å². The van der Waals surface area contributed by atoms with Gasteiger partial charge in [0, 0.05) is 25.0 Å². The molecule has 1 radical (unpaired) electrons. The third-order valence-corrected chi connectivity index (χ3v) is 0.752. The Kier molecular flexibility index (Phi) is 15.2.